The Morgan fingerprint density at radius 2 is 2.00 bits per heavy atom. The number of hydrogen-bond donors (Lipinski definition) is 0. The van der Waals surface area contributed by atoms with Crippen LogP contribution in [-0.4, -0.2) is 21.3 Å². The lowest BCUT2D eigenvalue weighted by Crippen LogP contribution is -2.28. The van der Waals surface area contributed by atoms with Crippen LogP contribution >= 0.6 is 0 Å². The molecule has 3 rings (SSSR count). The van der Waals surface area contributed by atoms with Crippen LogP contribution < -0.4 is 5.56 Å². The summed E-state index contributed by atoms with van der Waals surface area (Å²) in [6.07, 6.45) is 1.36. The number of Topliss-reactive ketones (excluding diaryl/α,β-unsaturated/α-hetero) is 1. The molecule has 0 unspecified atom stereocenters. The number of aromatic nitrogens is 2. The Bertz CT molecular complexity index is 957. The molecule has 0 N–H and O–H groups in total. The van der Waals surface area contributed by atoms with Crippen LogP contribution in [0.3, 0.4) is 0 Å². The van der Waals surface area contributed by atoms with Gasteiger partial charge in [0.15, 0.2) is 5.82 Å². The van der Waals surface area contributed by atoms with E-state index in [2.05, 4.69) is 4.98 Å². The quantitative estimate of drug-likeness (QED) is 0.665. The number of rotatable bonds is 5. The predicted octanol–water partition coefficient (Wildman–Crippen LogP) is 1.94. The van der Waals surface area contributed by atoms with Crippen LogP contribution in [0.5, 0.6) is 0 Å². The third kappa shape index (κ3) is 3.10. The minimum Gasteiger partial charge on any atom is -0.457 e. The summed E-state index contributed by atoms with van der Waals surface area (Å²) in [5.74, 6) is -0.616. The second-order valence-electron chi connectivity index (χ2n) is 5.19. The van der Waals surface area contributed by atoms with E-state index in [-0.39, 0.29) is 36.1 Å². The van der Waals surface area contributed by atoms with Crippen molar-refractivity contribution in [3.63, 3.8) is 0 Å². The summed E-state index contributed by atoms with van der Waals surface area (Å²) in [5, 5.41) is 0.403. The van der Waals surface area contributed by atoms with Crippen LogP contribution in [0.15, 0.2) is 51.9 Å². The number of esters is 1. The molecule has 24 heavy (non-hydrogen) atoms. The molecule has 0 aliphatic rings. The predicted molar refractivity (Wildman–Crippen MR) is 84.5 cm³/mol. The number of benzene rings is 1. The second-order valence-corrected chi connectivity index (χ2v) is 5.19. The van der Waals surface area contributed by atoms with Crippen molar-refractivity contribution in [2.45, 2.75) is 20.1 Å². The SMILES string of the molecule is CC(=O)Cn1c(COC(=O)c2ccco2)nc2ccccc2c1=O. The molecule has 2 aromatic heterocycles. The highest BCUT2D eigenvalue weighted by atomic mass is 16.5. The highest BCUT2D eigenvalue weighted by Gasteiger charge is 2.16. The zero-order chi connectivity index (χ0) is 17.1. The number of hydrogen-bond acceptors (Lipinski definition) is 6. The molecule has 7 nitrogen and oxygen atoms in total. The average molecular weight is 326 g/mol. The van der Waals surface area contributed by atoms with Gasteiger partial charge in [-0.3, -0.25) is 14.2 Å². The van der Waals surface area contributed by atoms with Gasteiger partial charge in [0, 0.05) is 0 Å². The highest BCUT2D eigenvalue weighted by molar-refractivity contribution is 5.86. The molecule has 0 aliphatic heterocycles. The minimum atomic E-state index is -0.670. The van der Waals surface area contributed by atoms with Crippen molar-refractivity contribution in [2.24, 2.45) is 0 Å². The normalized spacial score (nSPS) is 10.7. The van der Waals surface area contributed by atoms with Crippen molar-refractivity contribution < 1.29 is 18.7 Å². The van der Waals surface area contributed by atoms with E-state index in [0.29, 0.717) is 10.9 Å². The van der Waals surface area contributed by atoms with Crippen molar-refractivity contribution in [3.05, 3.63) is 64.6 Å². The zero-order valence-corrected chi connectivity index (χ0v) is 12.9. The Morgan fingerprint density at radius 1 is 1.21 bits per heavy atom. The molecule has 0 saturated carbocycles. The van der Waals surface area contributed by atoms with Crippen molar-refractivity contribution in [1.82, 2.24) is 9.55 Å². The van der Waals surface area contributed by atoms with Crippen molar-refractivity contribution >= 4 is 22.7 Å². The largest absolute Gasteiger partial charge is 0.457 e. The lowest BCUT2D eigenvalue weighted by atomic mass is 10.2. The van der Waals surface area contributed by atoms with Gasteiger partial charge in [0.2, 0.25) is 5.76 Å². The first-order chi connectivity index (χ1) is 11.6. The van der Waals surface area contributed by atoms with Gasteiger partial charge in [0.05, 0.1) is 23.7 Å². The molecule has 2 heterocycles. The number of fused-ring (bicyclic) bond motifs is 1. The van der Waals surface area contributed by atoms with Gasteiger partial charge in [0.25, 0.3) is 5.56 Å². The summed E-state index contributed by atoms with van der Waals surface area (Å²) in [7, 11) is 0. The van der Waals surface area contributed by atoms with E-state index in [0.717, 1.165) is 0 Å². The molecule has 0 fully saturated rings. The molecule has 1 aromatic carbocycles. The fraction of sp³-hybridized carbons (Fsp3) is 0.176. The van der Waals surface area contributed by atoms with Gasteiger partial charge in [0.1, 0.15) is 12.4 Å². The molecule has 0 bridgehead atoms. The number of ether oxygens (including phenoxy) is 1. The van der Waals surface area contributed by atoms with E-state index in [4.69, 9.17) is 9.15 Å². The number of furan rings is 1. The van der Waals surface area contributed by atoms with E-state index < -0.39 is 5.97 Å². The summed E-state index contributed by atoms with van der Waals surface area (Å²) >= 11 is 0. The van der Waals surface area contributed by atoms with E-state index in [9.17, 15) is 14.4 Å². The number of carbonyl (C=O) groups is 2. The minimum absolute atomic E-state index is 0.0521. The Balaban J connectivity index is 1.97. The molecule has 3 aromatic rings. The van der Waals surface area contributed by atoms with Crippen LogP contribution in [0.2, 0.25) is 0 Å². The van der Waals surface area contributed by atoms with Crippen molar-refractivity contribution in [2.75, 3.05) is 0 Å². The van der Waals surface area contributed by atoms with E-state index in [1.165, 1.54) is 23.8 Å². The van der Waals surface area contributed by atoms with Gasteiger partial charge in [-0.05, 0) is 31.2 Å². The Labute approximate surface area is 136 Å². The number of para-hydroxylation sites is 1. The van der Waals surface area contributed by atoms with E-state index >= 15 is 0 Å². The highest BCUT2D eigenvalue weighted by Crippen LogP contribution is 2.10. The smallest absolute Gasteiger partial charge is 0.374 e. The Hall–Kier alpha value is -3.22. The first kappa shape index (κ1) is 15.7. The van der Waals surface area contributed by atoms with Crippen LogP contribution in [0.25, 0.3) is 10.9 Å². The molecule has 122 valence electrons. The maximum absolute atomic E-state index is 12.6. The number of carbonyl (C=O) groups excluding carboxylic acids is 2. The molecule has 0 atom stereocenters. The molecule has 0 amide bonds. The lowest BCUT2D eigenvalue weighted by Gasteiger charge is -2.12. The van der Waals surface area contributed by atoms with Gasteiger partial charge < -0.3 is 9.15 Å². The van der Waals surface area contributed by atoms with Crippen LogP contribution in [0, 0.1) is 0 Å². The number of ketones is 1. The molecular formula is C17H14N2O5. The van der Waals surface area contributed by atoms with Crippen LogP contribution in [-0.2, 0) is 22.7 Å². The molecule has 0 aliphatic carbocycles. The molecule has 0 spiro atoms. The standard InChI is InChI=1S/C17H14N2O5/c1-11(20)9-19-15(10-24-17(22)14-7-4-8-23-14)18-13-6-3-2-5-12(13)16(19)21/h2-8H,9-10H2,1H3. The molecule has 0 saturated heterocycles. The topological polar surface area (TPSA) is 91.4 Å². The summed E-state index contributed by atoms with van der Waals surface area (Å²) in [5.41, 5.74) is 0.131. The van der Waals surface area contributed by atoms with Crippen LogP contribution in [0.4, 0.5) is 0 Å². The number of nitrogens with zero attached hydrogens (tertiary/aromatic N) is 2. The third-order valence-corrected chi connectivity index (χ3v) is 3.38. The first-order valence-electron chi connectivity index (χ1n) is 7.25. The molecule has 7 heteroatoms. The molecule has 0 radical (unpaired) electrons. The maximum Gasteiger partial charge on any atom is 0.374 e. The van der Waals surface area contributed by atoms with Gasteiger partial charge in [-0.15, -0.1) is 0 Å². The summed E-state index contributed by atoms with van der Waals surface area (Å²) < 4.78 is 11.3. The van der Waals surface area contributed by atoms with Gasteiger partial charge >= 0.3 is 5.97 Å². The van der Waals surface area contributed by atoms with Crippen LogP contribution in [0.1, 0.15) is 23.3 Å². The summed E-state index contributed by atoms with van der Waals surface area (Å²) in [6, 6.07) is 9.84. The van der Waals surface area contributed by atoms with Gasteiger partial charge in [-0.2, -0.15) is 0 Å². The fourth-order valence-corrected chi connectivity index (χ4v) is 2.31. The second kappa shape index (κ2) is 6.49. The van der Waals surface area contributed by atoms with E-state index in [1.54, 1.807) is 30.3 Å². The fourth-order valence-electron chi connectivity index (χ4n) is 2.31. The van der Waals surface area contributed by atoms with Crippen molar-refractivity contribution in [1.29, 1.82) is 0 Å². The summed E-state index contributed by atoms with van der Waals surface area (Å²) in [6.45, 7) is 0.997. The van der Waals surface area contributed by atoms with Gasteiger partial charge in [-0.1, -0.05) is 12.1 Å². The lowest BCUT2D eigenvalue weighted by molar-refractivity contribution is -0.117. The van der Waals surface area contributed by atoms with E-state index in [1.807, 2.05) is 0 Å². The summed E-state index contributed by atoms with van der Waals surface area (Å²) in [4.78, 5) is 40.2. The maximum atomic E-state index is 12.6. The Kier molecular flexibility index (Phi) is 4.24. The average Bonchev–Trinajstić information content (AvgIpc) is 3.10. The Morgan fingerprint density at radius 3 is 2.71 bits per heavy atom. The third-order valence-electron chi connectivity index (χ3n) is 3.38. The first-order valence-corrected chi connectivity index (χ1v) is 7.25. The zero-order valence-electron chi connectivity index (χ0n) is 12.9. The van der Waals surface area contributed by atoms with Crippen molar-refractivity contribution in [3.8, 4) is 0 Å². The monoisotopic (exact) mass is 326 g/mol. The van der Waals surface area contributed by atoms with Gasteiger partial charge in [-0.25, -0.2) is 9.78 Å². The molecular weight excluding hydrogens is 312 g/mol.